The Morgan fingerprint density at radius 2 is 1.85 bits per heavy atom. The average Bonchev–Trinajstić information content (AvgIpc) is 2.48. The number of anilines is 1. The summed E-state index contributed by atoms with van der Waals surface area (Å²) in [5, 5.41) is 11.2. The van der Waals surface area contributed by atoms with Gasteiger partial charge in [-0.1, -0.05) is 0 Å². The zero-order valence-electron chi connectivity index (χ0n) is 11.2. The van der Waals surface area contributed by atoms with Crippen LogP contribution in [0.25, 0.3) is 0 Å². The standard InChI is InChI=1S/C12H17N5O3/c1-9(10(18)19)15-12(20)17-7-5-16(6-8-17)11-13-3-2-4-14-11/h2-4,9H,5-8H2,1H3,(H,15,20)(H,18,19)/t9-/m0/s1. The number of hydrogen-bond donors (Lipinski definition) is 2. The zero-order chi connectivity index (χ0) is 14.5. The van der Waals surface area contributed by atoms with Crippen LogP contribution in [0.15, 0.2) is 18.5 Å². The predicted octanol–water partition coefficient (Wildman–Crippen LogP) is -0.219. The highest BCUT2D eigenvalue weighted by atomic mass is 16.4. The van der Waals surface area contributed by atoms with Gasteiger partial charge in [0.2, 0.25) is 5.95 Å². The molecule has 0 bridgehead atoms. The zero-order valence-corrected chi connectivity index (χ0v) is 11.2. The molecule has 0 aromatic carbocycles. The van der Waals surface area contributed by atoms with E-state index in [2.05, 4.69) is 15.3 Å². The van der Waals surface area contributed by atoms with E-state index in [9.17, 15) is 9.59 Å². The summed E-state index contributed by atoms with van der Waals surface area (Å²) in [4.78, 5) is 34.5. The van der Waals surface area contributed by atoms with Gasteiger partial charge in [-0.05, 0) is 13.0 Å². The molecule has 0 unspecified atom stereocenters. The third-order valence-corrected chi connectivity index (χ3v) is 3.11. The molecule has 2 rings (SSSR count). The summed E-state index contributed by atoms with van der Waals surface area (Å²) in [6.45, 7) is 3.71. The van der Waals surface area contributed by atoms with E-state index in [1.54, 1.807) is 23.4 Å². The maximum absolute atomic E-state index is 11.9. The van der Waals surface area contributed by atoms with Crippen LogP contribution in [0.1, 0.15) is 6.92 Å². The Bertz CT molecular complexity index is 473. The molecule has 1 atom stereocenters. The molecule has 20 heavy (non-hydrogen) atoms. The number of nitrogens with zero attached hydrogens (tertiary/aromatic N) is 4. The first-order chi connectivity index (χ1) is 9.58. The fraction of sp³-hybridized carbons (Fsp3) is 0.500. The molecule has 0 radical (unpaired) electrons. The number of carbonyl (C=O) groups is 2. The van der Waals surface area contributed by atoms with Crippen molar-refractivity contribution in [3.63, 3.8) is 0 Å². The van der Waals surface area contributed by atoms with Crippen LogP contribution in [0, 0.1) is 0 Å². The van der Waals surface area contributed by atoms with Gasteiger partial charge in [0.1, 0.15) is 6.04 Å². The van der Waals surface area contributed by atoms with Crippen molar-refractivity contribution in [2.75, 3.05) is 31.1 Å². The Morgan fingerprint density at radius 3 is 2.40 bits per heavy atom. The van der Waals surface area contributed by atoms with E-state index < -0.39 is 12.0 Å². The van der Waals surface area contributed by atoms with Gasteiger partial charge in [0, 0.05) is 38.6 Å². The van der Waals surface area contributed by atoms with E-state index in [1.807, 2.05) is 4.90 Å². The smallest absolute Gasteiger partial charge is 0.325 e. The highest BCUT2D eigenvalue weighted by Gasteiger charge is 2.24. The average molecular weight is 279 g/mol. The Labute approximate surface area is 116 Å². The molecular formula is C12H17N5O3. The lowest BCUT2D eigenvalue weighted by atomic mass is 10.3. The topological polar surface area (TPSA) is 98.7 Å². The van der Waals surface area contributed by atoms with E-state index in [1.165, 1.54) is 6.92 Å². The van der Waals surface area contributed by atoms with Crippen molar-refractivity contribution >= 4 is 17.9 Å². The van der Waals surface area contributed by atoms with Crippen molar-refractivity contribution in [3.8, 4) is 0 Å². The lowest BCUT2D eigenvalue weighted by molar-refractivity contribution is -0.138. The van der Waals surface area contributed by atoms with Gasteiger partial charge in [0.05, 0.1) is 0 Å². The quantitative estimate of drug-likeness (QED) is 0.793. The summed E-state index contributed by atoms with van der Waals surface area (Å²) in [6, 6.07) is 0.507. The lowest BCUT2D eigenvalue weighted by Crippen LogP contribution is -2.54. The van der Waals surface area contributed by atoms with Crippen LogP contribution in [0.3, 0.4) is 0 Å². The molecule has 1 aromatic rings. The van der Waals surface area contributed by atoms with E-state index in [0.29, 0.717) is 32.1 Å². The third kappa shape index (κ3) is 3.34. The second-order valence-electron chi connectivity index (χ2n) is 4.53. The highest BCUT2D eigenvalue weighted by Crippen LogP contribution is 2.09. The molecule has 8 heteroatoms. The Kier molecular flexibility index (Phi) is 4.34. The van der Waals surface area contributed by atoms with E-state index in [0.717, 1.165) is 0 Å². The number of carbonyl (C=O) groups excluding carboxylic acids is 1. The molecule has 1 fully saturated rings. The number of rotatable bonds is 3. The first kappa shape index (κ1) is 14.0. The fourth-order valence-corrected chi connectivity index (χ4v) is 1.90. The van der Waals surface area contributed by atoms with Crippen LogP contribution in [-0.4, -0.2) is 64.2 Å². The number of urea groups is 1. The molecule has 1 saturated heterocycles. The normalized spacial score (nSPS) is 16.6. The number of carboxylic acid groups (broad SMARTS) is 1. The van der Waals surface area contributed by atoms with Crippen LogP contribution in [0.5, 0.6) is 0 Å². The van der Waals surface area contributed by atoms with Crippen molar-refractivity contribution in [2.24, 2.45) is 0 Å². The van der Waals surface area contributed by atoms with Gasteiger partial charge in [0.25, 0.3) is 0 Å². The first-order valence-electron chi connectivity index (χ1n) is 6.38. The van der Waals surface area contributed by atoms with E-state index in [-0.39, 0.29) is 6.03 Å². The monoisotopic (exact) mass is 279 g/mol. The molecule has 1 aromatic heterocycles. The Balaban J connectivity index is 1.85. The van der Waals surface area contributed by atoms with E-state index in [4.69, 9.17) is 5.11 Å². The summed E-state index contributed by atoms with van der Waals surface area (Å²) in [7, 11) is 0. The molecule has 2 N–H and O–H groups in total. The molecule has 0 saturated carbocycles. The van der Waals surface area contributed by atoms with Crippen molar-refractivity contribution in [3.05, 3.63) is 18.5 Å². The maximum atomic E-state index is 11.9. The summed E-state index contributed by atoms with van der Waals surface area (Å²) in [6.07, 6.45) is 3.35. The number of nitrogens with one attached hydrogen (secondary N) is 1. The van der Waals surface area contributed by atoms with Gasteiger partial charge in [0.15, 0.2) is 0 Å². The third-order valence-electron chi connectivity index (χ3n) is 3.11. The molecule has 8 nitrogen and oxygen atoms in total. The minimum absolute atomic E-state index is 0.353. The minimum atomic E-state index is -1.05. The van der Waals surface area contributed by atoms with Crippen molar-refractivity contribution < 1.29 is 14.7 Å². The van der Waals surface area contributed by atoms with Crippen LogP contribution in [-0.2, 0) is 4.79 Å². The maximum Gasteiger partial charge on any atom is 0.325 e. The molecule has 2 amide bonds. The molecule has 2 heterocycles. The molecule has 0 aliphatic carbocycles. The number of amides is 2. The number of aliphatic carboxylic acids is 1. The number of piperazine rings is 1. The Hall–Kier alpha value is -2.38. The number of carboxylic acids is 1. The minimum Gasteiger partial charge on any atom is -0.480 e. The largest absolute Gasteiger partial charge is 0.480 e. The second kappa shape index (κ2) is 6.18. The number of aromatic nitrogens is 2. The van der Waals surface area contributed by atoms with Crippen LogP contribution < -0.4 is 10.2 Å². The summed E-state index contributed by atoms with van der Waals surface area (Å²) < 4.78 is 0. The molecule has 1 aliphatic rings. The summed E-state index contributed by atoms with van der Waals surface area (Å²) in [5.41, 5.74) is 0. The lowest BCUT2D eigenvalue weighted by Gasteiger charge is -2.34. The SMILES string of the molecule is C[C@H](NC(=O)N1CCN(c2ncccn2)CC1)C(=O)O. The first-order valence-corrected chi connectivity index (χ1v) is 6.38. The van der Waals surface area contributed by atoms with Gasteiger partial charge in [-0.25, -0.2) is 14.8 Å². The fourth-order valence-electron chi connectivity index (χ4n) is 1.90. The van der Waals surface area contributed by atoms with Crippen molar-refractivity contribution in [1.82, 2.24) is 20.2 Å². The van der Waals surface area contributed by atoms with Gasteiger partial charge in [-0.15, -0.1) is 0 Å². The highest BCUT2D eigenvalue weighted by molar-refractivity contribution is 5.82. The molecule has 1 aliphatic heterocycles. The Morgan fingerprint density at radius 1 is 1.25 bits per heavy atom. The van der Waals surface area contributed by atoms with Gasteiger partial charge >= 0.3 is 12.0 Å². The molecule has 108 valence electrons. The van der Waals surface area contributed by atoms with Crippen molar-refractivity contribution in [2.45, 2.75) is 13.0 Å². The number of hydrogen-bond acceptors (Lipinski definition) is 5. The van der Waals surface area contributed by atoms with Gasteiger partial charge < -0.3 is 20.2 Å². The van der Waals surface area contributed by atoms with Gasteiger partial charge in [-0.2, -0.15) is 0 Å². The molecule has 0 spiro atoms. The van der Waals surface area contributed by atoms with Gasteiger partial charge in [-0.3, -0.25) is 4.79 Å². The summed E-state index contributed by atoms with van der Waals surface area (Å²) in [5.74, 6) is -0.402. The van der Waals surface area contributed by atoms with Crippen LogP contribution in [0.4, 0.5) is 10.7 Å². The molecular weight excluding hydrogens is 262 g/mol. The van der Waals surface area contributed by atoms with Crippen LogP contribution >= 0.6 is 0 Å². The van der Waals surface area contributed by atoms with E-state index >= 15 is 0 Å². The summed E-state index contributed by atoms with van der Waals surface area (Å²) >= 11 is 0. The predicted molar refractivity (Wildman–Crippen MR) is 71.4 cm³/mol. The van der Waals surface area contributed by atoms with Crippen molar-refractivity contribution in [1.29, 1.82) is 0 Å². The van der Waals surface area contributed by atoms with Crippen LogP contribution in [0.2, 0.25) is 0 Å². The second-order valence-corrected chi connectivity index (χ2v) is 4.53.